The van der Waals surface area contributed by atoms with Gasteiger partial charge in [-0.15, -0.1) is 5.10 Å². The van der Waals surface area contributed by atoms with E-state index in [1.165, 1.54) is 11.1 Å². The summed E-state index contributed by atoms with van der Waals surface area (Å²) in [6.45, 7) is 0.716. The molecule has 0 unspecified atom stereocenters. The van der Waals surface area contributed by atoms with Gasteiger partial charge in [0.1, 0.15) is 0 Å². The first kappa shape index (κ1) is 12.4. The first-order valence-corrected chi connectivity index (χ1v) is 6.56. The van der Waals surface area contributed by atoms with Crippen LogP contribution in [0.25, 0.3) is 11.1 Å². The zero-order valence-corrected chi connectivity index (χ0v) is 11.3. The number of nitrogens with zero attached hydrogens (tertiary/aromatic N) is 3. The minimum atomic E-state index is 0.716. The number of benzene rings is 2. The first-order chi connectivity index (χ1) is 9.83. The molecule has 0 spiro atoms. The molecule has 0 radical (unpaired) electrons. The number of aromatic nitrogens is 3. The van der Waals surface area contributed by atoms with E-state index in [1.807, 2.05) is 13.1 Å². The van der Waals surface area contributed by atoms with Gasteiger partial charge in [0, 0.05) is 12.7 Å². The van der Waals surface area contributed by atoms with Crippen LogP contribution < -0.4 is 5.32 Å². The van der Waals surface area contributed by atoms with E-state index < -0.39 is 0 Å². The molecule has 0 amide bonds. The molecule has 0 fully saturated rings. The van der Waals surface area contributed by atoms with Crippen molar-refractivity contribution in [3.8, 4) is 11.1 Å². The minimum Gasteiger partial charge on any atom is -0.379 e. The molecular formula is C16H16N4. The molecule has 0 aliphatic heterocycles. The fraction of sp³-hybridized carbons (Fsp3) is 0.125. The largest absolute Gasteiger partial charge is 0.379 e. The molecule has 1 N–H and O–H groups in total. The van der Waals surface area contributed by atoms with Crippen molar-refractivity contribution in [1.82, 2.24) is 15.0 Å². The van der Waals surface area contributed by atoms with Crippen LogP contribution in [0.3, 0.4) is 0 Å². The lowest BCUT2D eigenvalue weighted by Crippen LogP contribution is -2.05. The summed E-state index contributed by atoms with van der Waals surface area (Å²) < 4.78 is 1.77. The molecule has 0 aliphatic rings. The van der Waals surface area contributed by atoms with Crippen molar-refractivity contribution in [2.75, 3.05) is 5.32 Å². The van der Waals surface area contributed by atoms with E-state index in [1.54, 1.807) is 10.9 Å². The second kappa shape index (κ2) is 5.57. The Kier molecular flexibility index (Phi) is 3.46. The van der Waals surface area contributed by atoms with Crippen molar-refractivity contribution in [1.29, 1.82) is 0 Å². The third kappa shape index (κ3) is 2.69. The molecule has 4 heteroatoms. The molecule has 3 aromatic rings. The Bertz CT molecular complexity index is 671. The maximum Gasteiger partial charge on any atom is 0.0774 e. The normalized spacial score (nSPS) is 10.4. The van der Waals surface area contributed by atoms with Gasteiger partial charge in [0.25, 0.3) is 0 Å². The second-order valence-corrected chi connectivity index (χ2v) is 4.65. The van der Waals surface area contributed by atoms with Crippen LogP contribution in [-0.4, -0.2) is 15.0 Å². The smallest absolute Gasteiger partial charge is 0.0774 e. The maximum absolute atomic E-state index is 3.91. The molecule has 0 atom stereocenters. The van der Waals surface area contributed by atoms with Gasteiger partial charge >= 0.3 is 0 Å². The third-order valence-electron chi connectivity index (χ3n) is 3.27. The molecule has 100 valence electrons. The van der Waals surface area contributed by atoms with Crippen LogP contribution in [0.5, 0.6) is 0 Å². The molecule has 0 saturated carbocycles. The molecule has 3 rings (SSSR count). The van der Waals surface area contributed by atoms with Gasteiger partial charge in [-0.25, -0.2) is 0 Å². The van der Waals surface area contributed by atoms with Crippen LogP contribution >= 0.6 is 0 Å². The highest BCUT2D eigenvalue weighted by Gasteiger charge is 2.00. The predicted octanol–water partition coefficient (Wildman–Crippen LogP) is 3.09. The fourth-order valence-corrected chi connectivity index (χ4v) is 2.07. The fourth-order valence-electron chi connectivity index (χ4n) is 2.07. The van der Waals surface area contributed by atoms with Crippen molar-refractivity contribution in [2.45, 2.75) is 6.54 Å². The molecule has 1 aromatic heterocycles. The van der Waals surface area contributed by atoms with E-state index in [-0.39, 0.29) is 0 Å². The lowest BCUT2D eigenvalue weighted by Gasteiger charge is -2.07. The summed E-state index contributed by atoms with van der Waals surface area (Å²) in [7, 11) is 1.89. The van der Waals surface area contributed by atoms with Gasteiger partial charge in [-0.3, -0.25) is 4.68 Å². The van der Waals surface area contributed by atoms with Crippen LogP contribution in [0.15, 0.2) is 60.8 Å². The van der Waals surface area contributed by atoms with E-state index in [2.05, 4.69) is 64.2 Å². The topological polar surface area (TPSA) is 42.7 Å². The van der Waals surface area contributed by atoms with Gasteiger partial charge in [-0.2, -0.15) is 0 Å². The van der Waals surface area contributed by atoms with Gasteiger partial charge in [0.2, 0.25) is 0 Å². The lowest BCUT2D eigenvalue weighted by atomic mass is 10.1. The summed E-state index contributed by atoms with van der Waals surface area (Å²) in [6, 6.07) is 18.8. The Morgan fingerprint density at radius 1 is 0.950 bits per heavy atom. The summed E-state index contributed by atoms with van der Waals surface area (Å²) in [5, 5.41) is 11.1. The number of nitrogens with one attached hydrogen (secondary N) is 1. The number of aryl methyl sites for hydroxylation is 1. The average molecular weight is 264 g/mol. The quantitative estimate of drug-likeness (QED) is 0.787. The highest BCUT2D eigenvalue weighted by Crippen LogP contribution is 2.21. The lowest BCUT2D eigenvalue weighted by molar-refractivity contribution is 0.683. The summed E-state index contributed by atoms with van der Waals surface area (Å²) in [4.78, 5) is 0. The van der Waals surface area contributed by atoms with Crippen molar-refractivity contribution in [3.05, 3.63) is 66.5 Å². The van der Waals surface area contributed by atoms with E-state index >= 15 is 0 Å². The number of hydrogen-bond donors (Lipinski definition) is 1. The Hall–Kier alpha value is -2.62. The van der Waals surface area contributed by atoms with Crippen LogP contribution in [0.2, 0.25) is 0 Å². The number of hydrogen-bond acceptors (Lipinski definition) is 3. The molecular weight excluding hydrogens is 248 g/mol. The molecule has 4 nitrogen and oxygen atoms in total. The number of rotatable bonds is 4. The molecule has 2 aromatic carbocycles. The van der Waals surface area contributed by atoms with Crippen molar-refractivity contribution < 1.29 is 0 Å². The molecule has 0 bridgehead atoms. The second-order valence-electron chi connectivity index (χ2n) is 4.65. The van der Waals surface area contributed by atoms with E-state index in [0.29, 0.717) is 6.54 Å². The Balaban J connectivity index is 1.69. The van der Waals surface area contributed by atoms with Gasteiger partial charge < -0.3 is 5.32 Å². The maximum atomic E-state index is 3.91. The van der Waals surface area contributed by atoms with Gasteiger partial charge in [0.15, 0.2) is 0 Å². The SMILES string of the molecule is Cn1nncc1CNc1ccc(-c2ccccc2)cc1. The van der Waals surface area contributed by atoms with E-state index in [4.69, 9.17) is 0 Å². The van der Waals surface area contributed by atoms with Crippen LogP contribution in [0, 0.1) is 0 Å². The monoisotopic (exact) mass is 264 g/mol. The van der Waals surface area contributed by atoms with Gasteiger partial charge in [-0.1, -0.05) is 47.7 Å². The van der Waals surface area contributed by atoms with Crippen molar-refractivity contribution in [2.24, 2.45) is 7.05 Å². The van der Waals surface area contributed by atoms with E-state index in [0.717, 1.165) is 11.4 Å². The Morgan fingerprint density at radius 3 is 2.30 bits per heavy atom. The zero-order chi connectivity index (χ0) is 13.8. The van der Waals surface area contributed by atoms with E-state index in [9.17, 15) is 0 Å². The molecule has 0 saturated heterocycles. The highest BCUT2D eigenvalue weighted by atomic mass is 15.4. The van der Waals surface area contributed by atoms with Crippen molar-refractivity contribution in [3.63, 3.8) is 0 Å². The summed E-state index contributed by atoms with van der Waals surface area (Å²) in [6.07, 6.45) is 1.77. The van der Waals surface area contributed by atoms with Crippen molar-refractivity contribution >= 4 is 5.69 Å². The minimum absolute atomic E-state index is 0.716. The molecule has 1 heterocycles. The standard InChI is InChI=1S/C16H16N4/c1-20-16(12-18-19-20)11-17-15-9-7-14(8-10-15)13-5-3-2-4-6-13/h2-10,12,17H,11H2,1H3. The Morgan fingerprint density at radius 2 is 1.65 bits per heavy atom. The van der Waals surface area contributed by atoms with Crippen LogP contribution in [0.4, 0.5) is 5.69 Å². The van der Waals surface area contributed by atoms with Gasteiger partial charge in [0.05, 0.1) is 18.4 Å². The molecule has 20 heavy (non-hydrogen) atoms. The summed E-state index contributed by atoms with van der Waals surface area (Å²) in [5.74, 6) is 0. The third-order valence-corrected chi connectivity index (χ3v) is 3.27. The predicted molar refractivity (Wildman–Crippen MR) is 80.2 cm³/mol. The average Bonchev–Trinajstić information content (AvgIpc) is 2.92. The van der Waals surface area contributed by atoms with Crippen LogP contribution in [0.1, 0.15) is 5.69 Å². The first-order valence-electron chi connectivity index (χ1n) is 6.56. The van der Waals surface area contributed by atoms with Crippen LogP contribution in [-0.2, 0) is 13.6 Å². The summed E-state index contributed by atoms with van der Waals surface area (Å²) >= 11 is 0. The highest BCUT2D eigenvalue weighted by molar-refractivity contribution is 5.65. The Labute approximate surface area is 118 Å². The molecule has 0 aliphatic carbocycles. The number of anilines is 1. The zero-order valence-electron chi connectivity index (χ0n) is 11.3. The van der Waals surface area contributed by atoms with Gasteiger partial charge in [-0.05, 0) is 23.3 Å². The summed E-state index contributed by atoms with van der Waals surface area (Å²) in [5.41, 5.74) is 4.59.